The summed E-state index contributed by atoms with van der Waals surface area (Å²) in [6.07, 6.45) is 3.26. The van der Waals surface area contributed by atoms with Crippen LogP contribution in [0, 0.1) is 0 Å². The molecule has 3 nitrogen and oxygen atoms in total. The molecule has 0 atom stereocenters. The molecular weight excluding hydrogens is 353 g/mol. The normalized spacial score (nSPS) is 11.5. The van der Waals surface area contributed by atoms with Gasteiger partial charge >= 0.3 is 4.12 Å². The van der Waals surface area contributed by atoms with Gasteiger partial charge in [-0.05, 0) is 17.7 Å². The molecule has 6 heteroatoms. The Morgan fingerprint density at radius 1 is 1.17 bits per heavy atom. The Bertz CT molecular complexity index is 517. The number of alkyl halides is 3. The van der Waals surface area contributed by atoms with Gasteiger partial charge < -0.3 is 4.74 Å². The zero-order valence-electron chi connectivity index (χ0n) is 9.19. The van der Waals surface area contributed by atoms with Gasteiger partial charge in [0.15, 0.2) is 5.82 Å². The van der Waals surface area contributed by atoms with E-state index < -0.39 is 4.12 Å². The average Bonchev–Trinajstić information content (AvgIpc) is 2.37. The largest absolute Gasteiger partial charge is 0.408 e. The van der Waals surface area contributed by atoms with Crippen LogP contribution < -0.4 is 0 Å². The average molecular weight is 362 g/mol. The van der Waals surface area contributed by atoms with E-state index in [1.165, 1.54) is 0 Å². The van der Waals surface area contributed by atoms with E-state index in [4.69, 9.17) is 0 Å². The first-order valence-corrected chi connectivity index (χ1v) is 6.19. The van der Waals surface area contributed by atoms with E-state index >= 15 is 0 Å². The van der Waals surface area contributed by atoms with Crippen LogP contribution in [0.15, 0.2) is 42.7 Å². The SMILES string of the molecule is FC(F)(I)OCc1cccc(-c2ncccn2)c1. The highest BCUT2D eigenvalue weighted by molar-refractivity contribution is 14.1. The summed E-state index contributed by atoms with van der Waals surface area (Å²) in [6, 6.07) is 8.75. The standard InChI is InChI=1S/C12H9F2IN2O/c13-12(14,15)18-8-9-3-1-4-10(7-9)11-16-5-2-6-17-11/h1-7H,8H2. The quantitative estimate of drug-likeness (QED) is 0.615. The Morgan fingerprint density at radius 2 is 1.89 bits per heavy atom. The summed E-state index contributed by atoms with van der Waals surface area (Å²) in [5.41, 5.74) is 1.42. The van der Waals surface area contributed by atoms with Crippen LogP contribution in [-0.2, 0) is 11.3 Å². The minimum absolute atomic E-state index is 0.156. The number of ether oxygens (including phenoxy) is 1. The van der Waals surface area contributed by atoms with Crippen molar-refractivity contribution >= 4 is 22.6 Å². The maximum Gasteiger partial charge on any atom is 0.408 e. The number of benzene rings is 1. The van der Waals surface area contributed by atoms with Gasteiger partial charge in [0.05, 0.1) is 6.61 Å². The van der Waals surface area contributed by atoms with Crippen LogP contribution in [0.5, 0.6) is 0 Å². The highest BCUT2D eigenvalue weighted by Gasteiger charge is 2.24. The van der Waals surface area contributed by atoms with Crippen LogP contribution in [0.1, 0.15) is 5.56 Å². The van der Waals surface area contributed by atoms with Crippen LogP contribution in [0.3, 0.4) is 0 Å². The summed E-state index contributed by atoms with van der Waals surface area (Å²) in [7, 11) is 0. The van der Waals surface area contributed by atoms with Gasteiger partial charge in [-0.15, -0.1) is 0 Å². The molecule has 0 amide bonds. The maximum absolute atomic E-state index is 12.6. The number of hydrogen-bond acceptors (Lipinski definition) is 3. The van der Waals surface area contributed by atoms with Gasteiger partial charge in [-0.2, -0.15) is 8.78 Å². The van der Waals surface area contributed by atoms with Crippen molar-refractivity contribution in [3.8, 4) is 11.4 Å². The van der Waals surface area contributed by atoms with Crippen LogP contribution in [0.25, 0.3) is 11.4 Å². The number of rotatable bonds is 4. The van der Waals surface area contributed by atoms with Crippen molar-refractivity contribution in [3.05, 3.63) is 48.3 Å². The topological polar surface area (TPSA) is 35.0 Å². The minimum Gasteiger partial charge on any atom is -0.307 e. The molecule has 0 aliphatic rings. The van der Waals surface area contributed by atoms with Crippen LogP contribution in [0.2, 0.25) is 0 Å². The monoisotopic (exact) mass is 362 g/mol. The minimum atomic E-state index is -3.16. The second kappa shape index (κ2) is 5.66. The molecule has 0 aliphatic heterocycles. The molecule has 0 N–H and O–H groups in total. The second-order valence-corrected chi connectivity index (χ2v) is 4.76. The molecule has 1 aromatic heterocycles. The molecule has 0 bridgehead atoms. The highest BCUT2D eigenvalue weighted by Crippen LogP contribution is 2.26. The van der Waals surface area contributed by atoms with Gasteiger partial charge in [0.1, 0.15) is 0 Å². The molecule has 0 fully saturated rings. The van der Waals surface area contributed by atoms with E-state index in [9.17, 15) is 8.78 Å². The fraction of sp³-hybridized carbons (Fsp3) is 0.167. The predicted octanol–water partition coefficient (Wildman–Crippen LogP) is 3.65. The molecule has 0 saturated carbocycles. The number of hydrogen-bond donors (Lipinski definition) is 0. The number of halogens is 3. The lowest BCUT2D eigenvalue weighted by Gasteiger charge is -2.10. The lowest BCUT2D eigenvalue weighted by Crippen LogP contribution is -2.10. The summed E-state index contributed by atoms with van der Waals surface area (Å²) in [5.74, 6) is 0.556. The van der Waals surface area contributed by atoms with Crippen molar-refractivity contribution in [1.82, 2.24) is 9.97 Å². The molecule has 2 aromatic rings. The van der Waals surface area contributed by atoms with E-state index in [1.807, 2.05) is 6.07 Å². The Morgan fingerprint density at radius 3 is 2.56 bits per heavy atom. The third-order valence-electron chi connectivity index (χ3n) is 2.15. The molecule has 0 spiro atoms. The molecule has 1 aromatic carbocycles. The van der Waals surface area contributed by atoms with E-state index in [2.05, 4.69) is 14.7 Å². The molecule has 94 valence electrons. The Labute approximate surface area is 116 Å². The van der Waals surface area contributed by atoms with Gasteiger partial charge in [-0.1, -0.05) is 18.2 Å². The number of aromatic nitrogens is 2. The summed E-state index contributed by atoms with van der Waals surface area (Å²) in [5, 5.41) is 0. The molecule has 2 rings (SSSR count). The van der Waals surface area contributed by atoms with E-state index in [-0.39, 0.29) is 6.61 Å². The van der Waals surface area contributed by atoms with Crippen molar-refractivity contribution in [2.75, 3.05) is 0 Å². The second-order valence-electron chi connectivity index (χ2n) is 3.51. The lowest BCUT2D eigenvalue weighted by atomic mass is 10.1. The fourth-order valence-electron chi connectivity index (χ4n) is 1.41. The Hall–Kier alpha value is -1.15. The smallest absolute Gasteiger partial charge is 0.307 e. The fourth-order valence-corrected chi connectivity index (χ4v) is 1.57. The maximum atomic E-state index is 12.6. The first-order valence-electron chi connectivity index (χ1n) is 5.11. The number of nitrogens with zero attached hydrogens (tertiary/aromatic N) is 2. The van der Waals surface area contributed by atoms with Crippen LogP contribution in [-0.4, -0.2) is 14.1 Å². The first-order chi connectivity index (χ1) is 8.54. The van der Waals surface area contributed by atoms with E-state index in [0.29, 0.717) is 11.4 Å². The zero-order chi connectivity index (χ0) is 13.0. The molecule has 0 saturated heterocycles. The lowest BCUT2D eigenvalue weighted by molar-refractivity contribution is -0.154. The van der Waals surface area contributed by atoms with Crippen LogP contribution in [0.4, 0.5) is 8.78 Å². The zero-order valence-corrected chi connectivity index (χ0v) is 11.3. The third-order valence-corrected chi connectivity index (χ3v) is 2.46. The third kappa shape index (κ3) is 3.95. The predicted molar refractivity (Wildman–Crippen MR) is 71.2 cm³/mol. The highest BCUT2D eigenvalue weighted by atomic mass is 127. The van der Waals surface area contributed by atoms with Crippen molar-refractivity contribution in [1.29, 1.82) is 0 Å². The van der Waals surface area contributed by atoms with E-state index in [0.717, 1.165) is 28.2 Å². The molecule has 0 unspecified atom stereocenters. The summed E-state index contributed by atoms with van der Waals surface area (Å²) < 4.78 is 26.4. The molecule has 18 heavy (non-hydrogen) atoms. The van der Waals surface area contributed by atoms with Gasteiger partial charge in [0.25, 0.3) is 0 Å². The van der Waals surface area contributed by atoms with Crippen molar-refractivity contribution in [2.45, 2.75) is 10.7 Å². The summed E-state index contributed by atoms with van der Waals surface area (Å²) in [4.78, 5) is 8.19. The summed E-state index contributed by atoms with van der Waals surface area (Å²) >= 11 is 0.943. The van der Waals surface area contributed by atoms with Gasteiger partial charge in [-0.3, -0.25) is 0 Å². The Balaban J connectivity index is 2.16. The van der Waals surface area contributed by atoms with Crippen LogP contribution >= 0.6 is 22.6 Å². The van der Waals surface area contributed by atoms with E-state index in [1.54, 1.807) is 36.7 Å². The van der Waals surface area contributed by atoms with Crippen molar-refractivity contribution < 1.29 is 13.5 Å². The Kier molecular flexibility index (Phi) is 4.18. The first kappa shape index (κ1) is 13.3. The van der Waals surface area contributed by atoms with Gasteiger partial charge in [-0.25, -0.2) is 9.97 Å². The molecule has 0 aliphatic carbocycles. The molecule has 1 heterocycles. The van der Waals surface area contributed by atoms with Gasteiger partial charge in [0.2, 0.25) is 0 Å². The van der Waals surface area contributed by atoms with Crippen molar-refractivity contribution in [3.63, 3.8) is 0 Å². The van der Waals surface area contributed by atoms with Gasteiger partial charge in [0, 0.05) is 40.5 Å². The molecule has 0 radical (unpaired) electrons. The molecular formula is C12H9F2IN2O. The van der Waals surface area contributed by atoms with Crippen molar-refractivity contribution in [2.24, 2.45) is 0 Å². The summed E-state index contributed by atoms with van der Waals surface area (Å²) in [6.45, 7) is -0.156.